The summed E-state index contributed by atoms with van der Waals surface area (Å²) >= 11 is 0. The van der Waals surface area contributed by atoms with Gasteiger partial charge in [-0.05, 0) is 47.0 Å². The van der Waals surface area contributed by atoms with Crippen molar-refractivity contribution < 1.29 is 14.3 Å². The van der Waals surface area contributed by atoms with Crippen LogP contribution in [0.2, 0.25) is 0 Å². The van der Waals surface area contributed by atoms with Gasteiger partial charge in [0.1, 0.15) is 5.60 Å². The third-order valence-corrected chi connectivity index (χ3v) is 2.99. The Bertz CT molecular complexity index is 358. The Morgan fingerprint density at radius 2 is 1.74 bits per heavy atom. The van der Waals surface area contributed by atoms with Crippen molar-refractivity contribution >= 4 is 12.0 Å². The Balaban J connectivity index is 2.34. The first-order valence-corrected chi connectivity index (χ1v) is 6.79. The third-order valence-electron chi connectivity index (χ3n) is 2.99. The summed E-state index contributed by atoms with van der Waals surface area (Å²) in [4.78, 5) is 23.4. The van der Waals surface area contributed by atoms with Crippen LogP contribution in [0.4, 0.5) is 4.79 Å². The van der Waals surface area contributed by atoms with Crippen molar-refractivity contribution in [1.29, 1.82) is 0 Å². The summed E-state index contributed by atoms with van der Waals surface area (Å²) in [6.45, 7) is 11.6. The van der Waals surface area contributed by atoms with Gasteiger partial charge in [0.25, 0.3) is 0 Å². The molecule has 0 spiro atoms. The predicted octanol–water partition coefficient (Wildman–Crippen LogP) is 2.06. The summed E-state index contributed by atoms with van der Waals surface area (Å²) in [7, 11) is 0. The molecule has 5 nitrogen and oxygen atoms in total. The van der Waals surface area contributed by atoms with Gasteiger partial charge < -0.3 is 15.4 Å². The molecule has 1 fully saturated rings. The summed E-state index contributed by atoms with van der Waals surface area (Å²) in [5.74, 6) is 0.714. The lowest BCUT2D eigenvalue weighted by atomic mass is 10.1. The minimum Gasteiger partial charge on any atom is -0.444 e. The largest absolute Gasteiger partial charge is 0.444 e. The van der Waals surface area contributed by atoms with Crippen LogP contribution in [0.15, 0.2) is 0 Å². The highest BCUT2D eigenvalue weighted by molar-refractivity contribution is 5.81. The average molecular weight is 270 g/mol. The van der Waals surface area contributed by atoms with Gasteiger partial charge in [0.05, 0.1) is 5.54 Å². The minimum absolute atomic E-state index is 0.0755. The maximum Gasteiger partial charge on any atom is 0.408 e. The molecular weight excluding hydrogens is 244 g/mol. The van der Waals surface area contributed by atoms with Crippen molar-refractivity contribution in [3.63, 3.8) is 0 Å². The van der Waals surface area contributed by atoms with Gasteiger partial charge in [-0.25, -0.2) is 4.79 Å². The van der Waals surface area contributed by atoms with E-state index in [1.165, 1.54) is 0 Å². The standard InChI is InChI=1S/C14H26N2O3/c1-9-7-10(9)11(17)15-8-14(5,6)16-12(18)19-13(2,3)4/h9-10H,7-8H2,1-6H3,(H,15,17)(H,16,18)/t9-,10+/m0/s1. The molecule has 0 heterocycles. The Labute approximate surface area is 115 Å². The van der Waals surface area contributed by atoms with Crippen molar-refractivity contribution in [2.45, 2.75) is 59.1 Å². The van der Waals surface area contributed by atoms with Crippen LogP contribution in [0.5, 0.6) is 0 Å². The van der Waals surface area contributed by atoms with Gasteiger partial charge in [-0.3, -0.25) is 4.79 Å². The van der Waals surface area contributed by atoms with Crippen LogP contribution >= 0.6 is 0 Å². The lowest BCUT2D eigenvalue weighted by molar-refractivity contribution is -0.122. The van der Waals surface area contributed by atoms with E-state index in [1.807, 2.05) is 34.6 Å². The lowest BCUT2D eigenvalue weighted by Gasteiger charge is -2.28. The van der Waals surface area contributed by atoms with Gasteiger partial charge in [-0.1, -0.05) is 6.92 Å². The van der Waals surface area contributed by atoms with E-state index in [2.05, 4.69) is 17.6 Å². The zero-order chi connectivity index (χ0) is 14.8. The van der Waals surface area contributed by atoms with Crippen LogP contribution in [0.3, 0.4) is 0 Å². The first-order chi connectivity index (χ1) is 8.50. The number of nitrogens with one attached hydrogen (secondary N) is 2. The molecule has 0 radical (unpaired) electrons. The normalized spacial score (nSPS) is 22.6. The van der Waals surface area contributed by atoms with Crippen LogP contribution in [0, 0.1) is 11.8 Å². The summed E-state index contributed by atoms with van der Waals surface area (Å²) in [6, 6.07) is 0. The summed E-state index contributed by atoms with van der Waals surface area (Å²) in [6.07, 6.45) is 0.498. The number of hydrogen-bond acceptors (Lipinski definition) is 3. The molecule has 0 bridgehead atoms. The fourth-order valence-corrected chi connectivity index (χ4v) is 1.75. The van der Waals surface area contributed by atoms with Gasteiger partial charge in [0, 0.05) is 12.5 Å². The van der Waals surface area contributed by atoms with Crippen LogP contribution in [0.25, 0.3) is 0 Å². The number of carbonyl (C=O) groups excluding carboxylic acids is 2. The minimum atomic E-state index is -0.532. The number of amides is 2. The molecule has 0 saturated heterocycles. The lowest BCUT2D eigenvalue weighted by Crippen LogP contribution is -2.52. The number of ether oxygens (including phenoxy) is 1. The third kappa shape index (κ3) is 5.94. The van der Waals surface area contributed by atoms with E-state index in [0.717, 1.165) is 6.42 Å². The van der Waals surface area contributed by atoms with Crippen LogP contribution in [-0.2, 0) is 9.53 Å². The molecule has 2 N–H and O–H groups in total. The monoisotopic (exact) mass is 270 g/mol. The molecule has 1 rings (SSSR count). The fraction of sp³-hybridized carbons (Fsp3) is 0.857. The van der Waals surface area contributed by atoms with Gasteiger partial charge in [-0.15, -0.1) is 0 Å². The topological polar surface area (TPSA) is 67.4 Å². The fourth-order valence-electron chi connectivity index (χ4n) is 1.75. The van der Waals surface area contributed by atoms with E-state index < -0.39 is 17.2 Å². The molecule has 0 aromatic heterocycles. The van der Waals surface area contributed by atoms with E-state index in [1.54, 1.807) is 0 Å². The van der Waals surface area contributed by atoms with E-state index in [9.17, 15) is 9.59 Å². The molecule has 0 aliphatic heterocycles. The van der Waals surface area contributed by atoms with Crippen molar-refractivity contribution in [2.75, 3.05) is 6.54 Å². The smallest absolute Gasteiger partial charge is 0.408 e. The Morgan fingerprint density at radius 1 is 1.21 bits per heavy atom. The maximum atomic E-state index is 11.7. The van der Waals surface area contributed by atoms with Crippen molar-refractivity contribution in [3.8, 4) is 0 Å². The second kappa shape index (κ2) is 5.39. The van der Waals surface area contributed by atoms with E-state index >= 15 is 0 Å². The van der Waals surface area contributed by atoms with Crippen LogP contribution in [0.1, 0.15) is 48.0 Å². The summed E-state index contributed by atoms with van der Waals surface area (Å²) in [5.41, 5.74) is -1.05. The average Bonchev–Trinajstić information content (AvgIpc) is 2.88. The molecule has 0 unspecified atom stereocenters. The molecule has 1 aliphatic rings. The molecule has 1 saturated carbocycles. The highest BCUT2D eigenvalue weighted by Crippen LogP contribution is 2.37. The molecule has 1 aliphatic carbocycles. The molecule has 110 valence electrons. The quantitative estimate of drug-likeness (QED) is 0.821. The van der Waals surface area contributed by atoms with Gasteiger partial charge in [-0.2, -0.15) is 0 Å². The molecule has 5 heteroatoms. The predicted molar refractivity (Wildman–Crippen MR) is 73.7 cm³/mol. The van der Waals surface area contributed by atoms with Gasteiger partial charge >= 0.3 is 6.09 Å². The molecule has 2 amide bonds. The van der Waals surface area contributed by atoms with Crippen LogP contribution in [-0.4, -0.2) is 29.7 Å². The molecule has 2 atom stereocenters. The zero-order valence-electron chi connectivity index (χ0n) is 12.8. The molecular formula is C14H26N2O3. The Morgan fingerprint density at radius 3 is 2.16 bits per heavy atom. The summed E-state index contributed by atoms with van der Waals surface area (Å²) in [5, 5.41) is 5.64. The SMILES string of the molecule is C[C@H]1C[C@H]1C(=O)NCC(C)(C)NC(=O)OC(C)(C)C. The zero-order valence-corrected chi connectivity index (χ0v) is 12.8. The first-order valence-electron chi connectivity index (χ1n) is 6.79. The summed E-state index contributed by atoms with van der Waals surface area (Å²) < 4.78 is 5.19. The van der Waals surface area contributed by atoms with Crippen molar-refractivity contribution in [1.82, 2.24) is 10.6 Å². The first kappa shape index (κ1) is 15.8. The highest BCUT2D eigenvalue weighted by atomic mass is 16.6. The van der Waals surface area contributed by atoms with Gasteiger partial charge in [0.2, 0.25) is 5.91 Å². The Kier molecular flexibility index (Phi) is 4.48. The second-order valence-corrected chi connectivity index (χ2v) is 7.05. The van der Waals surface area contributed by atoms with Gasteiger partial charge in [0.15, 0.2) is 0 Å². The van der Waals surface area contributed by atoms with E-state index in [4.69, 9.17) is 4.74 Å². The van der Waals surface area contributed by atoms with E-state index in [0.29, 0.717) is 12.5 Å². The van der Waals surface area contributed by atoms with Crippen LogP contribution < -0.4 is 10.6 Å². The van der Waals surface area contributed by atoms with E-state index in [-0.39, 0.29) is 11.8 Å². The highest BCUT2D eigenvalue weighted by Gasteiger charge is 2.39. The second-order valence-electron chi connectivity index (χ2n) is 7.05. The maximum absolute atomic E-state index is 11.7. The molecule has 0 aromatic carbocycles. The number of alkyl carbamates (subject to hydrolysis) is 1. The number of carbonyl (C=O) groups is 2. The molecule has 0 aromatic rings. The molecule has 19 heavy (non-hydrogen) atoms. The Hall–Kier alpha value is -1.26. The number of hydrogen-bond donors (Lipinski definition) is 2. The number of rotatable bonds is 4. The van der Waals surface area contributed by atoms with Crippen molar-refractivity contribution in [2.24, 2.45) is 11.8 Å². The van der Waals surface area contributed by atoms with Crippen molar-refractivity contribution in [3.05, 3.63) is 0 Å².